The number of carbonyl (C=O) groups is 1. The van der Waals surface area contributed by atoms with Crippen LogP contribution >= 0.6 is 0 Å². The summed E-state index contributed by atoms with van der Waals surface area (Å²) >= 11 is 0. The highest BCUT2D eigenvalue weighted by molar-refractivity contribution is 6.16. The molecule has 0 N–H and O–H groups in total. The zero-order valence-corrected chi connectivity index (χ0v) is 12.0. The fourth-order valence-electron chi connectivity index (χ4n) is 2.27. The average Bonchev–Trinajstić information content (AvgIpc) is 2.50. The van der Waals surface area contributed by atoms with Crippen LogP contribution in [0.4, 0.5) is 0 Å². The van der Waals surface area contributed by atoms with Crippen LogP contribution in [0.1, 0.15) is 49.4 Å². The van der Waals surface area contributed by atoms with E-state index in [0.717, 1.165) is 23.6 Å². The summed E-state index contributed by atoms with van der Waals surface area (Å²) in [6.07, 6.45) is 5.58. The van der Waals surface area contributed by atoms with Crippen molar-refractivity contribution in [3.63, 3.8) is 0 Å². The summed E-state index contributed by atoms with van der Waals surface area (Å²) < 4.78 is 0. The van der Waals surface area contributed by atoms with Crippen molar-refractivity contribution in [2.45, 2.75) is 39.0 Å². The van der Waals surface area contributed by atoms with E-state index >= 15 is 0 Å². The molecule has 0 aliphatic carbocycles. The Balaban J connectivity index is 2.07. The number of carbonyl (C=O) groups excluding carboxylic acids is 1. The van der Waals surface area contributed by atoms with Gasteiger partial charge < -0.3 is 0 Å². The topological polar surface area (TPSA) is 17.1 Å². The monoisotopic (exact) mass is 264 g/mol. The number of fused-ring (bicyclic) bond motifs is 1. The molecule has 1 heteroatoms. The lowest BCUT2D eigenvalue weighted by atomic mass is 10.0. The largest absolute Gasteiger partial charge is 0.279 e. The van der Waals surface area contributed by atoms with Crippen LogP contribution in [0.25, 0.3) is 10.8 Å². The fourth-order valence-corrected chi connectivity index (χ4v) is 2.27. The molecule has 1 nitrogen and oxygen atoms in total. The van der Waals surface area contributed by atoms with Gasteiger partial charge in [0.15, 0.2) is 0 Å². The molecule has 0 aliphatic heterocycles. The molecule has 20 heavy (non-hydrogen) atoms. The Hall–Kier alpha value is -2.07. The van der Waals surface area contributed by atoms with Crippen LogP contribution in [0.5, 0.6) is 0 Å². The van der Waals surface area contributed by atoms with E-state index in [1.165, 1.54) is 19.3 Å². The minimum Gasteiger partial charge on any atom is -0.279 e. The third-order valence-electron chi connectivity index (χ3n) is 3.39. The Morgan fingerprint density at radius 1 is 1.00 bits per heavy atom. The molecular weight excluding hydrogens is 244 g/mol. The van der Waals surface area contributed by atoms with E-state index in [0.29, 0.717) is 5.56 Å². The second-order valence-corrected chi connectivity index (χ2v) is 4.97. The van der Waals surface area contributed by atoms with E-state index in [1.54, 1.807) is 0 Å². The lowest BCUT2D eigenvalue weighted by Crippen LogP contribution is -1.96. The number of Topliss-reactive ketones (excluding diaryl/α,β-unsaturated/α-hetero) is 1. The van der Waals surface area contributed by atoms with E-state index in [9.17, 15) is 4.79 Å². The maximum atomic E-state index is 12.2. The van der Waals surface area contributed by atoms with Gasteiger partial charge in [0.05, 0.1) is 0 Å². The summed E-state index contributed by atoms with van der Waals surface area (Å²) in [7, 11) is 0. The predicted molar refractivity (Wildman–Crippen MR) is 84.8 cm³/mol. The van der Waals surface area contributed by atoms with Crippen molar-refractivity contribution in [2.75, 3.05) is 0 Å². The van der Waals surface area contributed by atoms with Crippen LogP contribution in [-0.4, -0.2) is 5.78 Å². The molecule has 0 fully saturated rings. The number of hydrogen-bond acceptors (Lipinski definition) is 1. The van der Waals surface area contributed by atoms with Crippen molar-refractivity contribution in [2.24, 2.45) is 0 Å². The van der Waals surface area contributed by atoms with Crippen molar-refractivity contribution in [3.05, 3.63) is 48.0 Å². The molecule has 2 rings (SSSR count). The van der Waals surface area contributed by atoms with Gasteiger partial charge in [0.2, 0.25) is 5.78 Å². The molecular formula is C19H20O. The van der Waals surface area contributed by atoms with Crippen LogP contribution in [0.3, 0.4) is 0 Å². The Bertz CT molecular complexity index is 638. The first-order valence-electron chi connectivity index (χ1n) is 7.34. The van der Waals surface area contributed by atoms with Gasteiger partial charge >= 0.3 is 0 Å². The number of rotatable bonds is 5. The number of ketones is 1. The molecule has 0 unspecified atom stereocenters. The van der Waals surface area contributed by atoms with Gasteiger partial charge in [0.25, 0.3) is 0 Å². The van der Waals surface area contributed by atoms with Gasteiger partial charge in [0.1, 0.15) is 0 Å². The zero-order chi connectivity index (χ0) is 14.2. The zero-order valence-electron chi connectivity index (χ0n) is 12.0. The minimum atomic E-state index is -0.0720. The SMILES string of the molecule is CCCCCCC#CC(=O)c1cccc2ccccc12. The smallest absolute Gasteiger partial charge is 0.236 e. The van der Waals surface area contributed by atoms with Gasteiger partial charge in [-0.05, 0) is 29.2 Å². The van der Waals surface area contributed by atoms with Gasteiger partial charge in [-0.2, -0.15) is 0 Å². The Morgan fingerprint density at radius 2 is 1.80 bits per heavy atom. The Morgan fingerprint density at radius 3 is 2.65 bits per heavy atom. The van der Waals surface area contributed by atoms with Crippen molar-refractivity contribution in [3.8, 4) is 11.8 Å². The van der Waals surface area contributed by atoms with Gasteiger partial charge in [0, 0.05) is 12.0 Å². The molecule has 0 radical (unpaired) electrons. The quantitative estimate of drug-likeness (QED) is 0.321. The highest BCUT2D eigenvalue weighted by atomic mass is 16.1. The lowest BCUT2D eigenvalue weighted by Gasteiger charge is -2.01. The molecule has 0 saturated carbocycles. The van der Waals surface area contributed by atoms with Crippen LogP contribution in [0, 0.1) is 11.8 Å². The summed E-state index contributed by atoms with van der Waals surface area (Å²) in [6, 6.07) is 13.7. The second-order valence-electron chi connectivity index (χ2n) is 4.97. The molecule has 102 valence electrons. The number of benzene rings is 2. The number of unbranched alkanes of at least 4 members (excludes halogenated alkanes) is 4. The van der Waals surface area contributed by atoms with Gasteiger partial charge in [-0.15, -0.1) is 0 Å². The molecule has 2 aromatic carbocycles. The summed E-state index contributed by atoms with van der Waals surface area (Å²) in [4.78, 5) is 12.2. The van der Waals surface area contributed by atoms with E-state index in [4.69, 9.17) is 0 Å². The Labute approximate surface area is 121 Å². The molecule has 0 aromatic heterocycles. The molecule has 0 saturated heterocycles. The standard InChI is InChI=1S/C19H20O/c1-2-3-4-5-6-7-15-19(20)18-14-10-12-16-11-8-9-13-17(16)18/h8-14H,2-6H2,1H3. The fraction of sp³-hybridized carbons (Fsp3) is 0.316. The summed E-state index contributed by atoms with van der Waals surface area (Å²) in [5, 5.41) is 2.07. The molecule has 0 aliphatic rings. The van der Waals surface area contributed by atoms with E-state index in [1.807, 2.05) is 42.5 Å². The van der Waals surface area contributed by atoms with Crippen molar-refractivity contribution in [1.82, 2.24) is 0 Å². The normalized spacial score (nSPS) is 10.1. The molecule has 0 atom stereocenters. The molecule has 2 aromatic rings. The van der Waals surface area contributed by atoms with Crippen LogP contribution in [0.2, 0.25) is 0 Å². The van der Waals surface area contributed by atoms with E-state index in [2.05, 4.69) is 18.8 Å². The van der Waals surface area contributed by atoms with E-state index in [-0.39, 0.29) is 5.78 Å². The van der Waals surface area contributed by atoms with Gasteiger partial charge in [-0.1, -0.05) is 68.5 Å². The van der Waals surface area contributed by atoms with Crippen molar-refractivity contribution in [1.29, 1.82) is 0 Å². The number of hydrogen-bond donors (Lipinski definition) is 0. The van der Waals surface area contributed by atoms with Crippen molar-refractivity contribution < 1.29 is 4.79 Å². The molecule has 0 spiro atoms. The van der Waals surface area contributed by atoms with Crippen LogP contribution in [0.15, 0.2) is 42.5 Å². The average molecular weight is 264 g/mol. The lowest BCUT2D eigenvalue weighted by molar-refractivity contribution is 0.105. The molecule has 0 heterocycles. The van der Waals surface area contributed by atoms with Crippen molar-refractivity contribution >= 4 is 16.6 Å². The highest BCUT2D eigenvalue weighted by Gasteiger charge is 2.06. The predicted octanol–water partition coefficient (Wildman–Crippen LogP) is 5.00. The van der Waals surface area contributed by atoms with Crippen LogP contribution < -0.4 is 0 Å². The van der Waals surface area contributed by atoms with Gasteiger partial charge in [-0.25, -0.2) is 0 Å². The first-order chi connectivity index (χ1) is 9.83. The van der Waals surface area contributed by atoms with Gasteiger partial charge in [-0.3, -0.25) is 4.79 Å². The summed E-state index contributed by atoms with van der Waals surface area (Å²) in [5.41, 5.74) is 0.712. The summed E-state index contributed by atoms with van der Waals surface area (Å²) in [5.74, 6) is 5.71. The first kappa shape index (κ1) is 14.3. The maximum Gasteiger partial charge on any atom is 0.236 e. The maximum absolute atomic E-state index is 12.2. The molecule has 0 bridgehead atoms. The Kier molecular flexibility index (Phi) is 5.38. The minimum absolute atomic E-state index is 0.0720. The second kappa shape index (κ2) is 7.50. The molecule has 0 amide bonds. The third-order valence-corrected chi connectivity index (χ3v) is 3.39. The third kappa shape index (κ3) is 3.71. The first-order valence-corrected chi connectivity index (χ1v) is 7.34. The van der Waals surface area contributed by atoms with Crippen LogP contribution in [-0.2, 0) is 0 Å². The highest BCUT2D eigenvalue weighted by Crippen LogP contribution is 2.18. The summed E-state index contributed by atoms with van der Waals surface area (Å²) in [6.45, 7) is 2.19. The van der Waals surface area contributed by atoms with E-state index < -0.39 is 0 Å².